The monoisotopic (exact) mass is 396 g/mol. The molecule has 5 nitrogen and oxygen atoms in total. The Balaban J connectivity index is 1.86. The summed E-state index contributed by atoms with van der Waals surface area (Å²) in [5.41, 5.74) is 3.52. The van der Waals surface area contributed by atoms with Gasteiger partial charge in [0.05, 0.1) is 18.9 Å². The van der Waals surface area contributed by atoms with Gasteiger partial charge in [-0.15, -0.1) is 11.3 Å². The van der Waals surface area contributed by atoms with Gasteiger partial charge in [0.2, 0.25) is 0 Å². The number of carbonyl (C=O) groups is 1. The van der Waals surface area contributed by atoms with E-state index in [1.807, 2.05) is 61.7 Å². The van der Waals surface area contributed by atoms with Crippen molar-refractivity contribution in [2.75, 3.05) is 27.3 Å². The van der Waals surface area contributed by atoms with Crippen molar-refractivity contribution in [3.05, 3.63) is 53.4 Å². The first-order chi connectivity index (χ1) is 13.5. The van der Waals surface area contributed by atoms with Gasteiger partial charge in [0.25, 0.3) is 5.91 Å². The van der Waals surface area contributed by atoms with Crippen molar-refractivity contribution >= 4 is 17.2 Å². The van der Waals surface area contributed by atoms with Crippen LogP contribution in [0.15, 0.2) is 47.8 Å². The lowest BCUT2D eigenvalue weighted by atomic mass is 10.1. The average molecular weight is 397 g/mol. The third-order valence-electron chi connectivity index (χ3n) is 4.13. The number of benzene rings is 2. The van der Waals surface area contributed by atoms with Gasteiger partial charge in [0, 0.05) is 36.2 Å². The van der Waals surface area contributed by atoms with Crippen LogP contribution in [-0.2, 0) is 0 Å². The van der Waals surface area contributed by atoms with E-state index in [0.29, 0.717) is 18.8 Å². The minimum atomic E-state index is -0.0108. The highest BCUT2D eigenvalue weighted by Crippen LogP contribution is 2.35. The molecule has 6 heteroatoms. The molecular weight excluding hydrogens is 372 g/mol. The summed E-state index contributed by atoms with van der Waals surface area (Å²) in [4.78, 5) is 18.4. The summed E-state index contributed by atoms with van der Waals surface area (Å²) in [5.74, 6) is 1.46. The van der Waals surface area contributed by atoms with Gasteiger partial charge in [-0.25, -0.2) is 4.98 Å². The fraction of sp³-hybridized carbons (Fsp3) is 0.273. The van der Waals surface area contributed by atoms with E-state index in [1.165, 1.54) is 0 Å². The highest BCUT2D eigenvalue weighted by atomic mass is 32.1. The number of hydrogen-bond donors (Lipinski definition) is 0. The van der Waals surface area contributed by atoms with Crippen LogP contribution in [0.5, 0.6) is 11.5 Å². The summed E-state index contributed by atoms with van der Waals surface area (Å²) in [7, 11) is 3.49. The van der Waals surface area contributed by atoms with Crippen molar-refractivity contribution in [1.29, 1.82) is 0 Å². The lowest BCUT2D eigenvalue weighted by Gasteiger charge is -2.11. The third kappa shape index (κ3) is 4.34. The van der Waals surface area contributed by atoms with Gasteiger partial charge in [-0.05, 0) is 44.2 Å². The molecule has 0 unspecified atom stereocenters. The normalized spacial score (nSPS) is 10.6. The van der Waals surface area contributed by atoms with Gasteiger partial charge in [-0.3, -0.25) is 4.79 Å². The average Bonchev–Trinajstić information content (AvgIpc) is 3.19. The summed E-state index contributed by atoms with van der Waals surface area (Å²) in [6, 6.07) is 13.4. The summed E-state index contributed by atoms with van der Waals surface area (Å²) < 4.78 is 11.3. The number of rotatable bonds is 7. The van der Waals surface area contributed by atoms with Crippen molar-refractivity contribution < 1.29 is 14.3 Å². The zero-order valence-corrected chi connectivity index (χ0v) is 17.4. The second-order valence-electron chi connectivity index (χ2n) is 6.34. The minimum absolute atomic E-state index is 0.0108. The van der Waals surface area contributed by atoms with Crippen LogP contribution in [0.2, 0.25) is 0 Å². The molecule has 3 aromatic rings. The Morgan fingerprint density at radius 1 is 0.964 bits per heavy atom. The van der Waals surface area contributed by atoms with Gasteiger partial charge < -0.3 is 14.4 Å². The smallest absolute Gasteiger partial charge is 0.253 e. The molecule has 28 heavy (non-hydrogen) atoms. The van der Waals surface area contributed by atoms with E-state index >= 15 is 0 Å². The lowest BCUT2D eigenvalue weighted by Crippen LogP contribution is -2.21. The molecule has 0 N–H and O–H groups in total. The highest BCUT2D eigenvalue weighted by molar-refractivity contribution is 7.13. The Morgan fingerprint density at radius 3 is 2.25 bits per heavy atom. The maximum Gasteiger partial charge on any atom is 0.253 e. The van der Waals surface area contributed by atoms with E-state index in [2.05, 4.69) is 0 Å². The van der Waals surface area contributed by atoms with Crippen LogP contribution in [0.1, 0.15) is 24.2 Å². The molecule has 1 heterocycles. The molecule has 0 atom stereocenters. The molecule has 0 radical (unpaired) electrons. The Bertz CT molecular complexity index is 949. The maximum absolute atomic E-state index is 12.0. The molecule has 146 valence electrons. The van der Waals surface area contributed by atoms with Crippen molar-refractivity contribution in [2.24, 2.45) is 0 Å². The molecule has 0 aliphatic heterocycles. The number of ether oxygens (including phenoxy) is 2. The van der Waals surface area contributed by atoms with Crippen LogP contribution < -0.4 is 9.47 Å². The summed E-state index contributed by atoms with van der Waals surface area (Å²) in [6.45, 7) is 5.07. The SMILES string of the molecule is CCOc1ccc(-c2nc(-c3ccc(C(=O)N(C)C)cc3)cs2)cc1OCC. The summed E-state index contributed by atoms with van der Waals surface area (Å²) in [5, 5.41) is 2.93. The molecule has 3 rings (SSSR count). The van der Waals surface area contributed by atoms with E-state index in [-0.39, 0.29) is 5.91 Å². The van der Waals surface area contributed by atoms with Gasteiger partial charge >= 0.3 is 0 Å². The van der Waals surface area contributed by atoms with Crippen LogP contribution in [-0.4, -0.2) is 43.1 Å². The van der Waals surface area contributed by atoms with E-state index in [4.69, 9.17) is 14.5 Å². The van der Waals surface area contributed by atoms with Crippen LogP contribution in [0.3, 0.4) is 0 Å². The molecule has 0 spiro atoms. The summed E-state index contributed by atoms with van der Waals surface area (Å²) >= 11 is 1.58. The molecule has 0 saturated carbocycles. The van der Waals surface area contributed by atoms with Crippen molar-refractivity contribution in [3.63, 3.8) is 0 Å². The topological polar surface area (TPSA) is 51.7 Å². The fourth-order valence-corrected chi connectivity index (χ4v) is 3.59. The van der Waals surface area contributed by atoms with E-state index in [0.717, 1.165) is 33.3 Å². The van der Waals surface area contributed by atoms with Crippen LogP contribution in [0, 0.1) is 0 Å². The van der Waals surface area contributed by atoms with Crippen LogP contribution in [0.25, 0.3) is 21.8 Å². The third-order valence-corrected chi connectivity index (χ3v) is 5.02. The zero-order valence-electron chi connectivity index (χ0n) is 16.6. The first kappa shape index (κ1) is 19.9. The van der Waals surface area contributed by atoms with E-state index in [9.17, 15) is 4.79 Å². The molecular formula is C22H24N2O3S. The number of thiazole rings is 1. The van der Waals surface area contributed by atoms with E-state index < -0.39 is 0 Å². The van der Waals surface area contributed by atoms with Gasteiger partial charge in [-0.2, -0.15) is 0 Å². The molecule has 0 saturated heterocycles. The molecule has 1 aromatic heterocycles. The van der Waals surface area contributed by atoms with Crippen LogP contribution in [0.4, 0.5) is 0 Å². The zero-order chi connectivity index (χ0) is 20.1. The Kier molecular flexibility index (Phi) is 6.31. The molecule has 2 aromatic carbocycles. The van der Waals surface area contributed by atoms with Crippen molar-refractivity contribution in [1.82, 2.24) is 9.88 Å². The number of nitrogens with zero attached hydrogens (tertiary/aromatic N) is 2. The van der Waals surface area contributed by atoms with Crippen molar-refractivity contribution in [2.45, 2.75) is 13.8 Å². The number of carbonyl (C=O) groups excluding carboxylic acids is 1. The highest BCUT2D eigenvalue weighted by Gasteiger charge is 2.12. The molecule has 0 aliphatic rings. The first-order valence-corrected chi connectivity index (χ1v) is 10.1. The summed E-state index contributed by atoms with van der Waals surface area (Å²) in [6.07, 6.45) is 0. The fourth-order valence-electron chi connectivity index (χ4n) is 2.76. The number of hydrogen-bond acceptors (Lipinski definition) is 5. The number of amides is 1. The lowest BCUT2D eigenvalue weighted by molar-refractivity contribution is 0.0827. The predicted octanol–water partition coefficient (Wildman–Crippen LogP) is 4.98. The quantitative estimate of drug-likeness (QED) is 0.565. The first-order valence-electron chi connectivity index (χ1n) is 9.21. The predicted molar refractivity (Wildman–Crippen MR) is 113 cm³/mol. The number of aromatic nitrogens is 1. The molecule has 0 fully saturated rings. The second-order valence-corrected chi connectivity index (χ2v) is 7.20. The van der Waals surface area contributed by atoms with Crippen molar-refractivity contribution in [3.8, 4) is 33.3 Å². The minimum Gasteiger partial charge on any atom is -0.490 e. The van der Waals surface area contributed by atoms with Crippen LogP contribution >= 0.6 is 11.3 Å². The van der Waals surface area contributed by atoms with Gasteiger partial charge in [-0.1, -0.05) is 12.1 Å². The maximum atomic E-state index is 12.0. The Morgan fingerprint density at radius 2 is 1.61 bits per heavy atom. The van der Waals surface area contributed by atoms with E-state index in [1.54, 1.807) is 30.3 Å². The van der Waals surface area contributed by atoms with Gasteiger partial charge in [0.1, 0.15) is 5.01 Å². The standard InChI is InChI=1S/C22H24N2O3S/c1-5-26-19-12-11-17(13-20(19)27-6-2)21-23-18(14-28-21)15-7-9-16(10-8-15)22(25)24(3)4/h7-14H,5-6H2,1-4H3. The molecule has 1 amide bonds. The van der Waals surface area contributed by atoms with Gasteiger partial charge in [0.15, 0.2) is 11.5 Å². The Hall–Kier alpha value is -2.86. The Labute approximate surface area is 169 Å². The largest absolute Gasteiger partial charge is 0.490 e. The second kappa shape index (κ2) is 8.89. The molecule has 0 bridgehead atoms. The molecule has 0 aliphatic carbocycles.